The first kappa shape index (κ1) is 11.5. The number of fused-ring (bicyclic) bond motifs is 1. The highest BCUT2D eigenvalue weighted by atomic mass is 32.1. The molecule has 0 atom stereocenters. The standard InChI is InChI=1S/C11H9NO4S/c1-16-10(13)6-8-7-4-2-3-5-9(7)17-11(8)12(14)15/h2-5H,6H2,1H3. The van der Waals surface area contributed by atoms with E-state index in [1.54, 1.807) is 18.2 Å². The summed E-state index contributed by atoms with van der Waals surface area (Å²) in [5.74, 6) is -0.475. The predicted molar refractivity (Wildman–Crippen MR) is 64.2 cm³/mol. The van der Waals surface area contributed by atoms with E-state index in [4.69, 9.17) is 0 Å². The highest BCUT2D eigenvalue weighted by molar-refractivity contribution is 7.22. The molecule has 1 aromatic heterocycles. The number of esters is 1. The molecule has 0 bridgehead atoms. The van der Waals surface area contributed by atoms with E-state index in [9.17, 15) is 14.9 Å². The predicted octanol–water partition coefficient (Wildman–Crippen LogP) is 2.53. The number of rotatable bonds is 3. The summed E-state index contributed by atoms with van der Waals surface area (Å²) in [6, 6.07) is 7.18. The molecule has 5 nitrogen and oxygen atoms in total. The van der Waals surface area contributed by atoms with Gasteiger partial charge in [0.1, 0.15) is 0 Å². The van der Waals surface area contributed by atoms with Gasteiger partial charge in [0.15, 0.2) is 0 Å². The Morgan fingerprint density at radius 3 is 2.82 bits per heavy atom. The van der Waals surface area contributed by atoms with Crippen LogP contribution in [0.15, 0.2) is 24.3 Å². The summed E-state index contributed by atoms with van der Waals surface area (Å²) in [7, 11) is 1.27. The molecule has 0 aliphatic rings. The molecule has 88 valence electrons. The van der Waals surface area contributed by atoms with Gasteiger partial charge in [-0.05, 0) is 6.07 Å². The Balaban J connectivity index is 2.59. The van der Waals surface area contributed by atoms with Crippen molar-refractivity contribution in [2.75, 3.05) is 7.11 Å². The lowest BCUT2D eigenvalue weighted by atomic mass is 10.1. The SMILES string of the molecule is COC(=O)Cc1c([N+](=O)[O-])sc2ccccc12. The van der Waals surface area contributed by atoms with E-state index in [0.29, 0.717) is 5.56 Å². The van der Waals surface area contributed by atoms with E-state index in [0.717, 1.165) is 21.4 Å². The molecule has 2 aromatic rings. The summed E-state index contributed by atoms with van der Waals surface area (Å²) in [6.45, 7) is 0. The van der Waals surface area contributed by atoms with Crippen LogP contribution in [0, 0.1) is 10.1 Å². The molecular weight excluding hydrogens is 242 g/mol. The van der Waals surface area contributed by atoms with Crippen LogP contribution in [0.3, 0.4) is 0 Å². The van der Waals surface area contributed by atoms with Crippen LogP contribution in [0.4, 0.5) is 5.00 Å². The van der Waals surface area contributed by atoms with Gasteiger partial charge in [-0.1, -0.05) is 29.5 Å². The molecule has 0 amide bonds. The monoisotopic (exact) mass is 251 g/mol. The lowest BCUT2D eigenvalue weighted by Gasteiger charge is -1.98. The summed E-state index contributed by atoms with van der Waals surface area (Å²) in [5, 5.41) is 11.7. The topological polar surface area (TPSA) is 69.4 Å². The first-order valence-electron chi connectivity index (χ1n) is 4.85. The molecular formula is C11H9NO4S. The van der Waals surface area contributed by atoms with E-state index in [2.05, 4.69) is 4.74 Å². The zero-order valence-electron chi connectivity index (χ0n) is 9.00. The molecule has 17 heavy (non-hydrogen) atoms. The average molecular weight is 251 g/mol. The van der Waals surface area contributed by atoms with Crippen LogP contribution in [0.1, 0.15) is 5.56 Å². The Bertz CT molecular complexity index is 590. The minimum Gasteiger partial charge on any atom is -0.469 e. The number of carbonyl (C=O) groups is 1. The average Bonchev–Trinajstić information content (AvgIpc) is 2.68. The van der Waals surface area contributed by atoms with E-state index in [1.165, 1.54) is 7.11 Å². The van der Waals surface area contributed by atoms with Gasteiger partial charge in [-0.25, -0.2) is 0 Å². The highest BCUT2D eigenvalue weighted by Gasteiger charge is 2.23. The largest absolute Gasteiger partial charge is 0.469 e. The molecule has 0 saturated carbocycles. The van der Waals surface area contributed by atoms with Crippen LogP contribution in [-0.2, 0) is 16.0 Å². The van der Waals surface area contributed by atoms with Gasteiger partial charge in [0, 0.05) is 10.1 Å². The minimum absolute atomic E-state index is 0.0107. The van der Waals surface area contributed by atoms with E-state index >= 15 is 0 Å². The Morgan fingerprint density at radius 2 is 2.18 bits per heavy atom. The number of nitro groups is 1. The number of hydrogen-bond donors (Lipinski definition) is 0. The number of benzene rings is 1. The third-order valence-corrected chi connectivity index (χ3v) is 3.56. The fourth-order valence-corrected chi connectivity index (χ4v) is 2.66. The first-order valence-corrected chi connectivity index (χ1v) is 5.66. The van der Waals surface area contributed by atoms with Gasteiger partial charge >= 0.3 is 11.0 Å². The van der Waals surface area contributed by atoms with Crippen molar-refractivity contribution in [3.05, 3.63) is 39.9 Å². The van der Waals surface area contributed by atoms with Crippen LogP contribution >= 0.6 is 11.3 Å². The molecule has 0 spiro atoms. The van der Waals surface area contributed by atoms with Crippen molar-refractivity contribution < 1.29 is 14.5 Å². The van der Waals surface area contributed by atoms with Gasteiger partial charge in [0.2, 0.25) is 0 Å². The first-order chi connectivity index (χ1) is 8.13. The maximum absolute atomic E-state index is 11.3. The summed E-state index contributed by atoms with van der Waals surface area (Å²) in [5.41, 5.74) is 0.433. The summed E-state index contributed by atoms with van der Waals surface area (Å²) < 4.78 is 5.35. The summed E-state index contributed by atoms with van der Waals surface area (Å²) >= 11 is 1.08. The lowest BCUT2D eigenvalue weighted by Crippen LogP contribution is -2.05. The molecule has 0 saturated heterocycles. The van der Waals surface area contributed by atoms with Crippen LogP contribution in [-0.4, -0.2) is 18.0 Å². The zero-order chi connectivity index (χ0) is 12.4. The smallest absolute Gasteiger partial charge is 0.329 e. The molecule has 0 aliphatic carbocycles. The van der Waals surface area contributed by atoms with Crippen LogP contribution in [0.2, 0.25) is 0 Å². The molecule has 1 heterocycles. The second-order valence-corrected chi connectivity index (χ2v) is 4.42. The third-order valence-electron chi connectivity index (χ3n) is 2.39. The van der Waals surface area contributed by atoms with E-state index in [-0.39, 0.29) is 11.4 Å². The van der Waals surface area contributed by atoms with Gasteiger partial charge in [-0.15, -0.1) is 0 Å². The molecule has 2 rings (SSSR count). The Morgan fingerprint density at radius 1 is 1.47 bits per heavy atom. The normalized spacial score (nSPS) is 10.4. The molecule has 0 radical (unpaired) electrons. The van der Waals surface area contributed by atoms with Crippen molar-refractivity contribution in [1.29, 1.82) is 0 Å². The Hall–Kier alpha value is -1.95. The quantitative estimate of drug-likeness (QED) is 0.477. The third kappa shape index (κ3) is 2.12. The Labute approximate surface area is 101 Å². The van der Waals surface area contributed by atoms with E-state index in [1.807, 2.05) is 6.07 Å². The number of thiophene rings is 1. The number of nitrogens with zero attached hydrogens (tertiary/aromatic N) is 1. The van der Waals surface area contributed by atoms with Crippen molar-refractivity contribution in [2.24, 2.45) is 0 Å². The number of carbonyl (C=O) groups excluding carboxylic acids is 1. The van der Waals surface area contributed by atoms with Crippen LogP contribution in [0.5, 0.6) is 0 Å². The van der Waals surface area contributed by atoms with Crippen LogP contribution in [0.25, 0.3) is 10.1 Å². The molecule has 0 fully saturated rings. The maximum atomic E-state index is 11.3. The number of ether oxygens (including phenoxy) is 1. The van der Waals surface area contributed by atoms with Crippen molar-refractivity contribution in [3.63, 3.8) is 0 Å². The summed E-state index contributed by atoms with van der Waals surface area (Å²) in [4.78, 5) is 21.7. The Kier molecular flexibility index (Phi) is 3.06. The van der Waals surface area contributed by atoms with Crippen LogP contribution < -0.4 is 0 Å². The second-order valence-electron chi connectivity index (χ2n) is 3.39. The molecule has 0 N–H and O–H groups in total. The van der Waals surface area contributed by atoms with Crippen molar-refractivity contribution >= 4 is 32.4 Å². The number of hydrogen-bond acceptors (Lipinski definition) is 5. The molecule has 6 heteroatoms. The fraction of sp³-hybridized carbons (Fsp3) is 0.182. The van der Waals surface area contributed by atoms with Crippen molar-refractivity contribution in [1.82, 2.24) is 0 Å². The lowest BCUT2D eigenvalue weighted by molar-refractivity contribution is -0.380. The van der Waals surface area contributed by atoms with Crippen molar-refractivity contribution in [2.45, 2.75) is 6.42 Å². The van der Waals surface area contributed by atoms with Gasteiger partial charge in [0.25, 0.3) is 0 Å². The minimum atomic E-state index is -0.475. The second kappa shape index (κ2) is 4.50. The molecule has 0 unspecified atom stereocenters. The fourth-order valence-electron chi connectivity index (χ4n) is 1.62. The summed E-state index contributed by atoms with van der Waals surface area (Å²) in [6.07, 6.45) is -0.0726. The van der Waals surface area contributed by atoms with Gasteiger partial charge in [-0.2, -0.15) is 0 Å². The zero-order valence-corrected chi connectivity index (χ0v) is 9.82. The highest BCUT2D eigenvalue weighted by Crippen LogP contribution is 2.37. The van der Waals surface area contributed by atoms with Gasteiger partial charge < -0.3 is 4.74 Å². The molecule has 1 aromatic carbocycles. The van der Waals surface area contributed by atoms with Gasteiger partial charge in [0.05, 0.1) is 24.0 Å². The molecule has 0 aliphatic heterocycles. The number of methoxy groups -OCH3 is 1. The van der Waals surface area contributed by atoms with E-state index < -0.39 is 10.9 Å². The van der Waals surface area contributed by atoms with Gasteiger partial charge in [-0.3, -0.25) is 14.9 Å². The maximum Gasteiger partial charge on any atom is 0.329 e. The van der Waals surface area contributed by atoms with Crippen molar-refractivity contribution in [3.8, 4) is 0 Å².